The highest BCUT2D eigenvalue weighted by molar-refractivity contribution is 5.74. The molecule has 0 aliphatic carbocycles. The third-order valence-corrected chi connectivity index (χ3v) is 5.00. The van der Waals surface area contributed by atoms with Crippen molar-refractivity contribution in [2.24, 2.45) is 5.92 Å². The van der Waals surface area contributed by atoms with E-state index < -0.39 is 0 Å². The molecule has 3 unspecified atom stereocenters. The highest BCUT2D eigenvalue weighted by Gasteiger charge is 2.24. The Bertz CT molecular complexity index is 512. The lowest BCUT2D eigenvalue weighted by Gasteiger charge is -2.29. The van der Waals surface area contributed by atoms with E-state index in [9.17, 15) is 9.90 Å². The quantitative estimate of drug-likeness (QED) is 0.718. The summed E-state index contributed by atoms with van der Waals surface area (Å²) in [4.78, 5) is 14.6. The summed E-state index contributed by atoms with van der Waals surface area (Å²) in [5.74, 6) is 0.0437. The lowest BCUT2D eigenvalue weighted by atomic mass is 10.0. The van der Waals surface area contributed by atoms with Crippen LogP contribution in [-0.4, -0.2) is 48.3 Å². The fourth-order valence-electron chi connectivity index (χ4n) is 3.05. The Morgan fingerprint density at radius 1 is 1.21 bits per heavy atom. The Kier molecular flexibility index (Phi) is 7.06. The summed E-state index contributed by atoms with van der Waals surface area (Å²) in [6.07, 6.45) is 2.44. The third-order valence-electron chi connectivity index (χ3n) is 5.00. The molecule has 134 valence electrons. The molecular formula is C19H31N3O2. The first kappa shape index (κ1) is 18.7. The molecule has 1 heterocycles. The predicted molar refractivity (Wildman–Crippen MR) is 97.0 cm³/mol. The Morgan fingerprint density at radius 2 is 1.83 bits per heavy atom. The van der Waals surface area contributed by atoms with E-state index in [1.54, 1.807) is 0 Å². The van der Waals surface area contributed by atoms with E-state index in [-0.39, 0.29) is 30.6 Å². The number of aryl methyl sites for hydroxylation is 1. The van der Waals surface area contributed by atoms with Crippen LogP contribution < -0.4 is 10.6 Å². The summed E-state index contributed by atoms with van der Waals surface area (Å²) in [5, 5.41) is 15.1. The van der Waals surface area contributed by atoms with E-state index >= 15 is 0 Å². The Labute approximate surface area is 145 Å². The van der Waals surface area contributed by atoms with Crippen molar-refractivity contribution in [1.82, 2.24) is 15.5 Å². The number of carbonyl (C=O) groups excluding carboxylic acids is 1. The SMILES string of the molecule is Cc1ccc(C(CNC(=O)NC(C)C(C)CO)N2CCCC2)cc1. The first-order valence-corrected chi connectivity index (χ1v) is 8.97. The Balaban J connectivity index is 1.95. The van der Waals surface area contributed by atoms with Crippen molar-refractivity contribution in [2.75, 3.05) is 26.2 Å². The van der Waals surface area contributed by atoms with Gasteiger partial charge in [0.15, 0.2) is 0 Å². The molecular weight excluding hydrogens is 302 g/mol. The van der Waals surface area contributed by atoms with E-state index in [1.165, 1.54) is 24.0 Å². The number of hydrogen-bond donors (Lipinski definition) is 3. The predicted octanol–water partition coefficient (Wildman–Crippen LogP) is 2.45. The maximum atomic E-state index is 12.2. The van der Waals surface area contributed by atoms with Crippen LogP contribution in [0.1, 0.15) is 43.9 Å². The highest BCUT2D eigenvalue weighted by atomic mass is 16.3. The number of likely N-dealkylation sites (tertiary alicyclic amines) is 1. The number of carbonyl (C=O) groups is 1. The Hall–Kier alpha value is -1.59. The van der Waals surface area contributed by atoms with E-state index in [0.717, 1.165) is 13.1 Å². The lowest BCUT2D eigenvalue weighted by Crippen LogP contribution is -2.46. The summed E-state index contributed by atoms with van der Waals surface area (Å²) in [6, 6.07) is 8.57. The van der Waals surface area contributed by atoms with Crippen molar-refractivity contribution in [3.63, 3.8) is 0 Å². The topological polar surface area (TPSA) is 64.6 Å². The molecule has 1 aliphatic heterocycles. The van der Waals surface area contributed by atoms with Gasteiger partial charge in [0.05, 0.1) is 6.04 Å². The second kappa shape index (κ2) is 9.04. The molecule has 5 heteroatoms. The van der Waals surface area contributed by atoms with E-state index in [4.69, 9.17) is 0 Å². The molecule has 0 radical (unpaired) electrons. The van der Waals surface area contributed by atoms with Gasteiger partial charge in [0.2, 0.25) is 0 Å². The zero-order valence-corrected chi connectivity index (χ0v) is 15.1. The number of hydrogen-bond acceptors (Lipinski definition) is 3. The molecule has 1 aromatic carbocycles. The van der Waals surface area contributed by atoms with Gasteiger partial charge >= 0.3 is 6.03 Å². The smallest absolute Gasteiger partial charge is 0.315 e. The number of amides is 2. The molecule has 1 aromatic rings. The van der Waals surface area contributed by atoms with Crippen LogP contribution in [0.25, 0.3) is 0 Å². The lowest BCUT2D eigenvalue weighted by molar-refractivity contribution is 0.196. The maximum absolute atomic E-state index is 12.2. The number of urea groups is 1. The Morgan fingerprint density at radius 3 is 2.42 bits per heavy atom. The molecule has 1 saturated heterocycles. The number of nitrogens with zero attached hydrogens (tertiary/aromatic N) is 1. The van der Waals surface area contributed by atoms with Crippen molar-refractivity contribution < 1.29 is 9.90 Å². The number of aliphatic hydroxyl groups is 1. The van der Waals surface area contributed by atoms with Gasteiger partial charge in [-0.2, -0.15) is 0 Å². The van der Waals surface area contributed by atoms with Gasteiger partial charge < -0.3 is 15.7 Å². The first-order chi connectivity index (χ1) is 11.5. The van der Waals surface area contributed by atoms with Crippen LogP contribution in [-0.2, 0) is 0 Å². The monoisotopic (exact) mass is 333 g/mol. The van der Waals surface area contributed by atoms with Gasteiger partial charge in [-0.05, 0) is 51.3 Å². The first-order valence-electron chi connectivity index (χ1n) is 8.97. The molecule has 1 aliphatic rings. The second-order valence-corrected chi connectivity index (χ2v) is 6.97. The van der Waals surface area contributed by atoms with E-state index in [2.05, 4.69) is 46.7 Å². The number of benzene rings is 1. The van der Waals surface area contributed by atoms with Gasteiger partial charge in [-0.1, -0.05) is 36.8 Å². The number of aliphatic hydroxyl groups excluding tert-OH is 1. The van der Waals surface area contributed by atoms with Gasteiger partial charge in [-0.15, -0.1) is 0 Å². The van der Waals surface area contributed by atoms with Crippen LogP contribution in [0.5, 0.6) is 0 Å². The largest absolute Gasteiger partial charge is 0.396 e. The zero-order chi connectivity index (χ0) is 17.5. The van der Waals surface area contributed by atoms with Crippen LogP contribution >= 0.6 is 0 Å². The van der Waals surface area contributed by atoms with Crippen molar-refractivity contribution in [2.45, 2.75) is 45.7 Å². The summed E-state index contributed by atoms with van der Waals surface area (Å²) >= 11 is 0. The summed E-state index contributed by atoms with van der Waals surface area (Å²) in [7, 11) is 0. The highest BCUT2D eigenvalue weighted by Crippen LogP contribution is 2.24. The molecule has 5 nitrogen and oxygen atoms in total. The molecule has 3 atom stereocenters. The molecule has 0 spiro atoms. The van der Waals surface area contributed by atoms with Crippen molar-refractivity contribution in [3.8, 4) is 0 Å². The van der Waals surface area contributed by atoms with Crippen LogP contribution in [0.15, 0.2) is 24.3 Å². The molecule has 1 fully saturated rings. The van der Waals surface area contributed by atoms with Crippen LogP contribution in [0.4, 0.5) is 4.79 Å². The molecule has 0 saturated carbocycles. The van der Waals surface area contributed by atoms with Gasteiger partial charge in [0.1, 0.15) is 0 Å². The van der Waals surface area contributed by atoms with E-state index in [0.29, 0.717) is 6.54 Å². The minimum Gasteiger partial charge on any atom is -0.396 e. The van der Waals surface area contributed by atoms with Crippen LogP contribution in [0, 0.1) is 12.8 Å². The fourth-order valence-corrected chi connectivity index (χ4v) is 3.05. The minimum atomic E-state index is -0.167. The molecule has 2 rings (SSSR count). The average molecular weight is 333 g/mol. The summed E-state index contributed by atoms with van der Waals surface area (Å²) in [6.45, 7) is 8.75. The fraction of sp³-hybridized carbons (Fsp3) is 0.632. The van der Waals surface area contributed by atoms with Crippen molar-refractivity contribution in [3.05, 3.63) is 35.4 Å². The van der Waals surface area contributed by atoms with Crippen LogP contribution in [0.3, 0.4) is 0 Å². The summed E-state index contributed by atoms with van der Waals surface area (Å²) in [5.41, 5.74) is 2.50. The van der Waals surface area contributed by atoms with Crippen molar-refractivity contribution >= 4 is 6.03 Å². The van der Waals surface area contributed by atoms with Crippen molar-refractivity contribution in [1.29, 1.82) is 0 Å². The second-order valence-electron chi connectivity index (χ2n) is 6.97. The van der Waals surface area contributed by atoms with E-state index in [1.807, 2.05) is 13.8 Å². The standard InChI is InChI=1S/C19H31N3O2/c1-14-6-8-17(9-7-14)18(22-10-4-5-11-22)12-20-19(24)21-16(3)15(2)13-23/h6-9,15-16,18,23H,4-5,10-13H2,1-3H3,(H2,20,21,24). The van der Waals surface area contributed by atoms with Gasteiger partial charge in [-0.25, -0.2) is 4.79 Å². The normalized spacial score (nSPS) is 18.8. The third kappa shape index (κ3) is 5.21. The van der Waals surface area contributed by atoms with Crippen LogP contribution in [0.2, 0.25) is 0 Å². The van der Waals surface area contributed by atoms with Gasteiger partial charge in [-0.3, -0.25) is 4.90 Å². The minimum absolute atomic E-state index is 0.0437. The average Bonchev–Trinajstić information content (AvgIpc) is 3.10. The molecule has 3 N–H and O–H groups in total. The number of nitrogens with one attached hydrogen (secondary N) is 2. The zero-order valence-electron chi connectivity index (χ0n) is 15.1. The molecule has 0 aromatic heterocycles. The molecule has 24 heavy (non-hydrogen) atoms. The molecule has 0 bridgehead atoms. The van der Waals surface area contributed by atoms with Gasteiger partial charge in [0.25, 0.3) is 0 Å². The maximum Gasteiger partial charge on any atom is 0.315 e. The summed E-state index contributed by atoms with van der Waals surface area (Å²) < 4.78 is 0. The number of rotatable bonds is 7. The van der Waals surface area contributed by atoms with Gasteiger partial charge in [0, 0.05) is 19.2 Å². The molecule has 2 amide bonds.